The summed E-state index contributed by atoms with van der Waals surface area (Å²) in [6.45, 7) is 6.23. The highest BCUT2D eigenvalue weighted by atomic mass is 14.2. The second-order valence-electron chi connectivity index (χ2n) is 6.99. The van der Waals surface area contributed by atoms with Gasteiger partial charge in [0, 0.05) is 0 Å². The van der Waals surface area contributed by atoms with E-state index in [4.69, 9.17) is 0 Å². The molecule has 0 saturated heterocycles. The lowest BCUT2D eigenvalue weighted by atomic mass is 9.80. The topological polar surface area (TPSA) is 0 Å². The van der Waals surface area contributed by atoms with E-state index in [0.29, 0.717) is 0 Å². The maximum Gasteiger partial charge on any atom is -0.0236 e. The molecule has 0 heteroatoms. The second kappa shape index (κ2) is 12.5. The molecule has 1 aliphatic rings. The van der Waals surface area contributed by atoms with Crippen LogP contribution in [0.5, 0.6) is 0 Å². The minimum Gasteiger partial charge on any atom is -0.103 e. The number of rotatable bonds is 12. The Morgan fingerprint density at radius 1 is 0.750 bits per heavy atom. The molecule has 0 aromatic rings. The Kier molecular flexibility index (Phi) is 11.1. The van der Waals surface area contributed by atoms with Crippen LogP contribution in [-0.4, -0.2) is 0 Å². The SMILES string of the molecule is C=CC1CCC(CCCCCCCCCCCC)CC1. The highest BCUT2D eigenvalue weighted by molar-refractivity contribution is 4.83. The van der Waals surface area contributed by atoms with Gasteiger partial charge < -0.3 is 0 Å². The fraction of sp³-hybridized carbons (Fsp3) is 0.900. The van der Waals surface area contributed by atoms with Gasteiger partial charge in [0.15, 0.2) is 0 Å². The normalized spacial score (nSPS) is 22.9. The van der Waals surface area contributed by atoms with E-state index in [1.54, 1.807) is 0 Å². The first kappa shape index (κ1) is 17.8. The van der Waals surface area contributed by atoms with Crippen molar-refractivity contribution >= 4 is 0 Å². The molecule has 0 aliphatic heterocycles. The van der Waals surface area contributed by atoms with Crippen molar-refractivity contribution in [1.82, 2.24) is 0 Å². The van der Waals surface area contributed by atoms with E-state index in [-0.39, 0.29) is 0 Å². The third kappa shape index (κ3) is 8.82. The summed E-state index contributed by atoms with van der Waals surface area (Å²) in [6, 6.07) is 0. The van der Waals surface area contributed by atoms with Gasteiger partial charge in [-0.3, -0.25) is 0 Å². The molecule has 20 heavy (non-hydrogen) atoms. The number of hydrogen-bond acceptors (Lipinski definition) is 0. The Morgan fingerprint density at radius 3 is 1.75 bits per heavy atom. The van der Waals surface area contributed by atoms with Crippen LogP contribution in [0.15, 0.2) is 12.7 Å². The highest BCUT2D eigenvalue weighted by Gasteiger charge is 2.18. The fourth-order valence-electron chi connectivity index (χ4n) is 3.63. The highest BCUT2D eigenvalue weighted by Crippen LogP contribution is 2.32. The molecular formula is C20H38. The van der Waals surface area contributed by atoms with Crippen LogP contribution < -0.4 is 0 Å². The molecule has 1 aliphatic carbocycles. The molecule has 0 amide bonds. The molecule has 1 saturated carbocycles. The van der Waals surface area contributed by atoms with Gasteiger partial charge in [-0.25, -0.2) is 0 Å². The zero-order valence-corrected chi connectivity index (χ0v) is 14.0. The molecule has 0 aromatic heterocycles. The van der Waals surface area contributed by atoms with Gasteiger partial charge >= 0.3 is 0 Å². The Hall–Kier alpha value is -0.260. The van der Waals surface area contributed by atoms with E-state index in [9.17, 15) is 0 Å². The molecule has 0 nitrogen and oxygen atoms in total. The van der Waals surface area contributed by atoms with Crippen molar-refractivity contribution in [3.05, 3.63) is 12.7 Å². The molecule has 0 radical (unpaired) electrons. The monoisotopic (exact) mass is 278 g/mol. The smallest absolute Gasteiger partial charge is 0.0236 e. The maximum absolute atomic E-state index is 3.94. The van der Waals surface area contributed by atoms with Crippen molar-refractivity contribution in [2.45, 2.75) is 103 Å². The lowest BCUT2D eigenvalue weighted by molar-refractivity contribution is 0.288. The Balaban J connectivity index is 1.80. The third-order valence-corrected chi connectivity index (χ3v) is 5.19. The molecule has 0 heterocycles. The van der Waals surface area contributed by atoms with E-state index in [2.05, 4.69) is 19.6 Å². The van der Waals surface area contributed by atoms with E-state index >= 15 is 0 Å². The molecule has 0 spiro atoms. The first-order valence-electron chi connectivity index (χ1n) is 9.49. The first-order chi connectivity index (χ1) is 9.86. The van der Waals surface area contributed by atoms with Crippen LogP contribution in [0.4, 0.5) is 0 Å². The van der Waals surface area contributed by atoms with Crippen molar-refractivity contribution < 1.29 is 0 Å². The molecule has 118 valence electrons. The van der Waals surface area contributed by atoms with Gasteiger partial charge in [-0.2, -0.15) is 0 Å². The predicted molar refractivity (Wildman–Crippen MR) is 92.1 cm³/mol. The molecule has 0 atom stereocenters. The van der Waals surface area contributed by atoms with E-state index in [0.717, 1.165) is 11.8 Å². The Morgan fingerprint density at radius 2 is 1.25 bits per heavy atom. The minimum absolute atomic E-state index is 0.832. The third-order valence-electron chi connectivity index (χ3n) is 5.19. The summed E-state index contributed by atoms with van der Waals surface area (Å²) in [7, 11) is 0. The van der Waals surface area contributed by atoms with Gasteiger partial charge in [0.2, 0.25) is 0 Å². The zero-order valence-electron chi connectivity index (χ0n) is 14.0. The summed E-state index contributed by atoms with van der Waals surface area (Å²) in [5.74, 6) is 1.87. The van der Waals surface area contributed by atoms with Crippen molar-refractivity contribution in [2.24, 2.45) is 11.8 Å². The van der Waals surface area contributed by atoms with Crippen molar-refractivity contribution in [3.63, 3.8) is 0 Å². The van der Waals surface area contributed by atoms with Crippen molar-refractivity contribution in [3.8, 4) is 0 Å². The van der Waals surface area contributed by atoms with Crippen LogP contribution in [0.3, 0.4) is 0 Å². The predicted octanol–water partition coefficient (Wildman–Crippen LogP) is 7.29. The Bertz CT molecular complexity index is 210. The van der Waals surface area contributed by atoms with Gasteiger partial charge in [-0.15, -0.1) is 6.58 Å². The average Bonchev–Trinajstić information content (AvgIpc) is 2.50. The molecule has 0 bridgehead atoms. The summed E-state index contributed by atoms with van der Waals surface area (Å²) < 4.78 is 0. The standard InChI is InChI=1S/C20H38/c1-3-5-6-7-8-9-10-11-12-13-14-20-17-15-19(4-2)16-18-20/h4,19-20H,2-3,5-18H2,1H3. The molecule has 0 aromatic carbocycles. The number of hydrogen-bond donors (Lipinski definition) is 0. The van der Waals surface area contributed by atoms with E-state index in [1.165, 1.54) is 96.3 Å². The van der Waals surface area contributed by atoms with Gasteiger partial charge in [0.25, 0.3) is 0 Å². The minimum atomic E-state index is 0.832. The average molecular weight is 279 g/mol. The van der Waals surface area contributed by atoms with Crippen LogP contribution >= 0.6 is 0 Å². The van der Waals surface area contributed by atoms with Gasteiger partial charge in [0.05, 0.1) is 0 Å². The largest absolute Gasteiger partial charge is 0.103 e. The van der Waals surface area contributed by atoms with Crippen LogP contribution in [0, 0.1) is 11.8 Å². The van der Waals surface area contributed by atoms with Gasteiger partial charge in [-0.1, -0.05) is 83.6 Å². The lowest BCUT2D eigenvalue weighted by Gasteiger charge is -2.26. The molecule has 0 N–H and O–H groups in total. The summed E-state index contributed by atoms with van der Waals surface area (Å²) in [5, 5.41) is 0. The maximum atomic E-state index is 3.94. The Labute approximate surface area is 128 Å². The van der Waals surface area contributed by atoms with Gasteiger partial charge in [-0.05, 0) is 37.5 Å². The second-order valence-corrected chi connectivity index (χ2v) is 6.99. The molecule has 0 unspecified atom stereocenters. The molecular weight excluding hydrogens is 240 g/mol. The van der Waals surface area contributed by atoms with Crippen LogP contribution in [0.25, 0.3) is 0 Å². The van der Waals surface area contributed by atoms with Crippen LogP contribution in [0.1, 0.15) is 103 Å². The van der Waals surface area contributed by atoms with E-state index < -0.39 is 0 Å². The zero-order chi connectivity index (χ0) is 14.5. The van der Waals surface area contributed by atoms with Gasteiger partial charge in [0.1, 0.15) is 0 Å². The summed E-state index contributed by atoms with van der Waals surface area (Å²) >= 11 is 0. The molecule has 1 fully saturated rings. The fourth-order valence-corrected chi connectivity index (χ4v) is 3.63. The summed E-state index contributed by atoms with van der Waals surface area (Å²) in [6.07, 6.45) is 24.1. The lowest BCUT2D eigenvalue weighted by Crippen LogP contribution is -2.12. The van der Waals surface area contributed by atoms with Crippen molar-refractivity contribution in [1.29, 1.82) is 0 Å². The molecule has 1 rings (SSSR count). The number of allylic oxidation sites excluding steroid dienone is 1. The van der Waals surface area contributed by atoms with Crippen LogP contribution in [-0.2, 0) is 0 Å². The van der Waals surface area contributed by atoms with Crippen LogP contribution in [0.2, 0.25) is 0 Å². The first-order valence-corrected chi connectivity index (χ1v) is 9.49. The number of unbranched alkanes of at least 4 members (excludes halogenated alkanes) is 9. The summed E-state index contributed by atoms with van der Waals surface area (Å²) in [4.78, 5) is 0. The quantitative estimate of drug-likeness (QED) is 0.260. The van der Waals surface area contributed by atoms with E-state index in [1.807, 2.05) is 0 Å². The van der Waals surface area contributed by atoms with Crippen molar-refractivity contribution in [2.75, 3.05) is 0 Å². The summed E-state index contributed by atoms with van der Waals surface area (Å²) in [5.41, 5.74) is 0.